The van der Waals surface area contributed by atoms with Crippen molar-refractivity contribution in [2.24, 2.45) is 0 Å². The molecular formula is C14H18BrNO2. The number of ether oxygens (including phenoxy) is 1. The zero-order valence-electron chi connectivity index (χ0n) is 10.8. The topological polar surface area (TPSA) is 29.5 Å². The van der Waals surface area contributed by atoms with Crippen LogP contribution in [0.25, 0.3) is 0 Å². The van der Waals surface area contributed by atoms with E-state index in [0.717, 1.165) is 41.7 Å². The number of ketones is 1. The molecule has 1 unspecified atom stereocenters. The summed E-state index contributed by atoms with van der Waals surface area (Å²) in [5, 5.41) is 0. The van der Waals surface area contributed by atoms with E-state index in [2.05, 4.69) is 20.8 Å². The lowest BCUT2D eigenvalue weighted by Gasteiger charge is -2.34. The lowest BCUT2D eigenvalue weighted by molar-refractivity contribution is 0.0890. The quantitative estimate of drug-likeness (QED) is 0.802. The molecule has 1 aromatic carbocycles. The number of piperidine rings is 1. The first-order chi connectivity index (χ1) is 8.61. The fourth-order valence-electron chi connectivity index (χ4n) is 2.42. The van der Waals surface area contributed by atoms with E-state index >= 15 is 0 Å². The van der Waals surface area contributed by atoms with Crippen LogP contribution >= 0.6 is 15.9 Å². The minimum Gasteiger partial charge on any atom is -0.380 e. The molecule has 3 nitrogen and oxygen atoms in total. The first kappa shape index (κ1) is 13.6. The van der Waals surface area contributed by atoms with Gasteiger partial charge < -0.3 is 9.64 Å². The maximum Gasteiger partial charge on any atom is 0.161 e. The maximum atomic E-state index is 11.7. The molecular weight excluding hydrogens is 294 g/mol. The Bertz CT molecular complexity index is 447. The van der Waals surface area contributed by atoms with Crippen molar-refractivity contribution in [2.75, 3.05) is 25.1 Å². The van der Waals surface area contributed by atoms with Gasteiger partial charge in [-0.05, 0) is 38.0 Å². The molecule has 0 saturated carbocycles. The summed E-state index contributed by atoms with van der Waals surface area (Å²) in [7, 11) is 1.75. The fourth-order valence-corrected chi connectivity index (χ4v) is 2.78. The standard InChI is InChI=1S/C14H18BrNO2/c1-10(17)13-8-11(15)5-6-14(13)16-7-3-4-12(9-16)18-2/h5-6,8,12H,3-4,7,9H2,1-2H3. The van der Waals surface area contributed by atoms with Gasteiger partial charge in [-0.1, -0.05) is 15.9 Å². The van der Waals surface area contributed by atoms with E-state index in [1.54, 1.807) is 14.0 Å². The van der Waals surface area contributed by atoms with Crippen LogP contribution in [0.2, 0.25) is 0 Å². The van der Waals surface area contributed by atoms with E-state index in [0.29, 0.717) is 0 Å². The molecule has 1 heterocycles. The molecule has 0 radical (unpaired) electrons. The zero-order chi connectivity index (χ0) is 13.1. The second kappa shape index (κ2) is 5.85. The monoisotopic (exact) mass is 311 g/mol. The third-order valence-electron chi connectivity index (χ3n) is 3.39. The molecule has 0 bridgehead atoms. The second-order valence-corrected chi connectivity index (χ2v) is 5.58. The van der Waals surface area contributed by atoms with E-state index in [1.165, 1.54) is 0 Å². The molecule has 98 valence electrons. The fraction of sp³-hybridized carbons (Fsp3) is 0.500. The smallest absolute Gasteiger partial charge is 0.161 e. The minimum atomic E-state index is 0.103. The van der Waals surface area contributed by atoms with Crippen LogP contribution in [0.4, 0.5) is 5.69 Å². The van der Waals surface area contributed by atoms with Crippen LogP contribution in [-0.4, -0.2) is 32.1 Å². The van der Waals surface area contributed by atoms with Crippen molar-refractivity contribution in [1.82, 2.24) is 0 Å². The van der Waals surface area contributed by atoms with Gasteiger partial charge in [0, 0.05) is 35.9 Å². The molecule has 1 atom stereocenters. The van der Waals surface area contributed by atoms with E-state index in [9.17, 15) is 4.79 Å². The second-order valence-electron chi connectivity index (χ2n) is 4.66. The molecule has 2 rings (SSSR count). The van der Waals surface area contributed by atoms with Gasteiger partial charge >= 0.3 is 0 Å². The van der Waals surface area contributed by atoms with E-state index < -0.39 is 0 Å². The maximum absolute atomic E-state index is 11.7. The Kier molecular flexibility index (Phi) is 4.40. The summed E-state index contributed by atoms with van der Waals surface area (Å²) < 4.78 is 6.37. The van der Waals surface area contributed by atoms with Crippen LogP contribution in [0.1, 0.15) is 30.1 Å². The van der Waals surface area contributed by atoms with Crippen molar-refractivity contribution in [2.45, 2.75) is 25.9 Å². The van der Waals surface area contributed by atoms with Crippen molar-refractivity contribution >= 4 is 27.4 Å². The van der Waals surface area contributed by atoms with Crippen LogP contribution in [0.5, 0.6) is 0 Å². The predicted octanol–water partition coefficient (Wildman–Crippen LogP) is 3.27. The molecule has 1 aliphatic rings. The summed E-state index contributed by atoms with van der Waals surface area (Å²) in [6.45, 7) is 3.46. The van der Waals surface area contributed by atoms with Gasteiger partial charge in [0.1, 0.15) is 0 Å². The normalized spacial score (nSPS) is 19.9. The largest absolute Gasteiger partial charge is 0.380 e. The van der Waals surface area contributed by atoms with Crippen LogP contribution in [-0.2, 0) is 4.74 Å². The van der Waals surface area contributed by atoms with Gasteiger partial charge in [0.15, 0.2) is 5.78 Å². The Balaban J connectivity index is 2.29. The summed E-state index contributed by atoms with van der Waals surface area (Å²) in [6, 6.07) is 5.89. The Labute approximate surface area is 116 Å². The lowest BCUT2D eigenvalue weighted by Crippen LogP contribution is -2.39. The molecule has 1 aliphatic heterocycles. The summed E-state index contributed by atoms with van der Waals surface area (Å²) in [6.07, 6.45) is 2.47. The number of hydrogen-bond donors (Lipinski definition) is 0. The molecule has 0 amide bonds. The average Bonchev–Trinajstić information content (AvgIpc) is 2.38. The summed E-state index contributed by atoms with van der Waals surface area (Å²) in [5.41, 5.74) is 1.80. The molecule has 0 spiro atoms. The highest BCUT2D eigenvalue weighted by atomic mass is 79.9. The third-order valence-corrected chi connectivity index (χ3v) is 3.88. The Morgan fingerprint density at radius 2 is 2.28 bits per heavy atom. The number of carbonyl (C=O) groups is 1. The van der Waals surface area contributed by atoms with Gasteiger partial charge in [0.2, 0.25) is 0 Å². The first-order valence-corrected chi connectivity index (χ1v) is 6.99. The SMILES string of the molecule is COC1CCCN(c2ccc(Br)cc2C(C)=O)C1. The van der Waals surface area contributed by atoms with Gasteiger partial charge in [-0.25, -0.2) is 0 Å². The van der Waals surface area contributed by atoms with Crippen LogP contribution in [0.3, 0.4) is 0 Å². The van der Waals surface area contributed by atoms with E-state index in [4.69, 9.17) is 4.74 Å². The molecule has 1 aromatic rings. The van der Waals surface area contributed by atoms with E-state index in [-0.39, 0.29) is 11.9 Å². The average molecular weight is 312 g/mol. The highest BCUT2D eigenvalue weighted by Gasteiger charge is 2.22. The van der Waals surface area contributed by atoms with Crippen LogP contribution in [0, 0.1) is 0 Å². The van der Waals surface area contributed by atoms with Gasteiger partial charge in [-0.2, -0.15) is 0 Å². The van der Waals surface area contributed by atoms with Crippen molar-refractivity contribution in [3.05, 3.63) is 28.2 Å². The number of rotatable bonds is 3. The van der Waals surface area contributed by atoms with Crippen molar-refractivity contribution in [3.8, 4) is 0 Å². The molecule has 1 fully saturated rings. The first-order valence-electron chi connectivity index (χ1n) is 6.20. The molecule has 1 saturated heterocycles. The number of carbonyl (C=O) groups excluding carboxylic acids is 1. The Morgan fingerprint density at radius 1 is 1.50 bits per heavy atom. The highest BCUT2D eigenvalue weighted by molar-refractivity contribution is 9.10. The number of benzene rings is 1. The summed E-state index contributed by atoms with van der Waals surface area (Å²) >= 11 is 3.42. The van der Waals surface area contributed by atoms with Gasteiger partial charge in [-0.15, -0.1) is 0 Å². The number of hydrogen-bond acceptors (Lipinski definition) is 3. The molecule has 4 heteroatoms. The molecule has 18 heavy (non-hydrogen) atoms. The van der Waals surface area contributed by atoms with Gasteiger partial charge in [0.25, 0.3) is 0 Å². The molecule has 0 aromatic heterocycles. The van der Waals surface area contributed by atoms with Gasteiger partial charge in [0.05, 0.1) is 6.10 Å². The predicted molar refractivity (Wildman–Crippen MR) is 76.4 cm³/mol. The number of halogens is 1. The van der Waals surface area contributed by atoms with Crippen LogP contribution in [0.15, 0.2) is 22.7 Å². The highest BCUT2D eigenvalue weighted by Crippen LogP contribution is 2.28. The molecule has 0 N–H and O–H groups in total. The van der Waals surface area contributed by atoms with E-state index in [1.807, 2.05) is 18.2 Å². The molecule has 0 aliphatic carbocycles. The summed E-state index contributed by atoms with van der Waals surface area (Å²) in [5.74, 6) is 0.103. The zero-order valence-corrected chi connectivity index (χ0v) is 12.4. The summed E-state index contributed by atoms with van der Waals surface area (Å²) in [4.78, 5) is 14.0. The number of methoxy groups -OCH3 is 1. The third kappa shape index (κ3) is 2.93. The minimum absolute atomic E-state index is 0.103. The van der Waals surface area contributed by atoms with Crippen molar-refractivity contribution < 1.29 is 9.53 Å². The van der Waals surface area contributed by atoms with Crippen LogP contribution < -0.4 is 4.90 Å². The Hall–Kier alpha value is -0.870. The Morgan fingerprint density at radius 3 is 2.94 bits per heavy atom. The van der Waals surface area contributed by atoms with Gasteiger partial charge in [-0.3, -0.25) is 4.79 Å². The number of Topliss-reactive ketones (excluding diaryl/α,β-unsaturated/α-hetero) is 1. The number of anilines is 1. The number of nitrogens with zero attached hydrogens (tertiary/aromatic N) is 1. The lowest BCUT2D eigenvalue weighted by atomic mass is 10.0. The van der Waals surface area contributed by atoms with Crippen molar-refractivity contribution in [1.29, 1.82) is 0 Å². The van der Waals surface area contributed by atoms with Crippen molar-refractivity contribution in [3.63, 3.8) is 0 Å².